The summed E-state index contributed by atoms with van der Waals surface area (Å²) in [6, 6.07) is 0.322. The molecule has 0 spiro atoms. The predicted molar refractivity (Wildman–Crippen MR) is 72.3 cm³/mol. The minimum atomic E-state index is 0.322. The molecule has 1 aliphatic heterocycles. The molecule has 5 nitrogen and oxygen atoms in total. The van der Waals surface area contributed by atoms with E-state index in [2.05, 4.69) is 26.7 Å². The molecule has 0 bridgehead atoms. The summed E-state index contributed by atoms with van der Waals surface area (Å²) in [4.78, 5) is 8.10. The smallest absolute Gasteiger partial charge is 0.318 e. The molecule has 0 radical (unpaired) electrons. The summed E-state index contributed by atoms with van der Waals surface area (Å²) in [5.41, 5.74) is 1.47. The number of aromatic nitrogens is 2. The zero-order chi connectivity index (χ0) is 12.8. The summed E-state index contributed by atoms with van der Waals surface area (Å²) >= 11 is 6.01. The van der Waals surface area contributed by atoms with Gasteiger partial charge >= 0.3 is 6.01 Å². The minimum Gasteiger partial charge on any atom is -0.467 e. The maximum absolute atomic E-state index is 6.01. The monoisotopic (exact) mass is 268 g/mol. The van der Waals surface area contributed by atoms with Crippen molar-refractivity contribution in [1.82, 2.24) is 15.3 Å². The number of nitrogens with zero attached hydrogens (tertiary/aromatic N) is 2. The third-order valence-corrected chi connectivity index (χ3v) is 3.08. The second kappa shape index (κ2) is 6.56. The van der Waals surface area contributed by atoms with Gasteiger partial charge in [-0.3, -0.25) is 0 Å². The molecular weight excluding hydrogens is 252 g/mol. The van der Waals surface area contributed by atoms with Gasteiger partial charge in [0.25, 0.3) is 0 Å². The zero-order valence-electron chi connectivity index (χ0n) is 10.4. The predicted octanol–water partition coefficient (Wildman–Crippen LogP) is 1.86. The molecule has 1 aliphatic rings. The maximum atomic E-state index is 6.01. The number of methoxy groups -OCH3 is 1. The van der Waals surface area contributed by atoms with Gasteiger partial charge in [0.1, 0.15) is 5.02 Å². The molecule has 18 heavy (non-hydrogen) atoms. The highest BCUT2D eigenvalue weighted by molar-refractivity contribution is 6.32. The van der Waals surface area contributed by atoms with Crippen molar-refractivity contribution in [3.8, 4) is 6.01 Å². The lowest BCUT2D eigenvalue weighted by Gasteiger charge is -2.14. The summed E-state index contributed by atoms with van der Waals surface area (Å²) in [6.07, 6.45) is 5.90. The number of nitrogens with one attached hydrogen (secondary N) is 2. The van der Waals surface area contributed by atoms with Crippen LogP contribution in [0.3, 0.4) is 0 Å². The summed E-state index contributed by atoms with van der Waals surface area (Å²) in [5, 5.41) is 7.01. The van der Waals surface area contributed by atoms with Crippen LogP contribution in [0, 0.1) is 0 Å². The van der Waals surface area contributed by atoms with Crippen LogP contribution >= 0.6 is 11.6 Å². The van der Waals surface area contributed by atoms with Gasteiger partial charge in [0, 0.05) is 13.1 Å². The number of hydrogen-bond donors (Lipinski definition) is 2. The van der Waals surface area contributed by atoms with Gasteiger partial charge in [-0.1, -0.05) is 23.3 Å². The van der Waals surface area contributed by atoms with E-state index in [0.29, 0.717) is 16.9 Å². The number of halogens is 1. The van der Waals surface area contributed by atoms with Crippen LogP contribution in [-0.4, -0.2) is 36.7 Å². The molecule has 2 rings (SSSR count). The average molecular weight is 269 g/mol. The normalized spacial score (nSPS) is 15.1. The molecule has 2 heterocycles. The Labute approximate surface area is 112 Å². The fourth-order valence-corrected chi connectivity index (χ4v) is 1.97. The van der Waals surface area contributed by atoms with Gasteiger partial charge in [-0.05, 0) is 19.4 Å². The van der Waals surface area contributed by atoms with Gasteiger partial charge in [-0.15, -0.1) is 0 Å². The van der Waals surface area contributed by atoms with Crippen molar-refractivity contribution in [3.63, 3.8) is 0 Å². The first kappa shape index (κ1) is 13.1. The second-order valence-electron chi connectivity index (χ2n) is 4.05. The molecule has 0 amide bonds. The van der Waals surface area contributed by atoms with E-state index in [1.807, 2.05) is 0 Å². The SMILES string of the molecule is COc1ncc(Cl)c(NCCC2=CCNCC2)n1. The summed E-state index contributed by atoms with van der Waals surface area (Å²) < 4.78 is 4.97. The Bertz CT molecular complexity index is 436. The van der Waals surface area contributed by atoms with Gasteiger partial charge in [0.05, 0.1) is 13.3 Å². The van der Waals surface area contributed by atoms with Gasteiger partial charge in [-0.25, -0.2) is 4.98 Å². The molecule has 6 heteroatoms. The van der Waals surface area contributed by atoms with Gasteiger partial charge in [0.15, 0.2) is 5.82 Å². The van der Waals surface area contributed by atoms with Crippen molar-refractivity contribution < 1.29 is 4.74 Å². The van der Waals surface area contributed by atoms with Gasteiger partial charge in [0.2, 0.25) is 0 Å². The van der Waals surface area contributed by atoms with E-state index in [1.165, 1.54) is 12.7 Å². The molecule has 0 aliphatic carbocycles. The van der Waals surface area contributed by atoms with E-state index in [9.17, 15) is 0 Å². The van der Waals surface area contributed by atoms with E-state index in [4.69, 9.17) is 16.3 Å². The maximum Gasteiger partial charge on any atom is 0.318 e. The molecule has 0 fully saturated rings. The summed E-state index contributed by atoms with van der Waals surface area (Å²) in [5.74, 6) is 0.623. The Hall–Kier alpha value is -1.33. The molecule has 0 unspecified atom stereocenters. The fraction of sp³-hybridized carbons (Fsp3) is 0.500. The van der Waals surface area contributed by atoms with E-state index in [0.717, 1.165) is 32.5 Å². The topological polar surface area (TPSA) is 59.1 Å². The van der Waals surface area contributed by atoms with Crippen molar-refractivity contribution in [2.24, 2.45) is 0 Å². The Morgan fingerprint density at radius 3 is 3.17 bits per heavy atom. The average Bonchev–Trinajstić information content (AvgIpc) is 2.42. The molecule has 98 valence electrons. The van der Waals surface area contributed by atoms with Crippen molar-refractivity contribution in [1.29, 1.82) is 0 Å². The Kier molecular flexibility index (Phi) is 4.78. The molecule has 0 saturated carbocycles. The van der Waals surface area contributed by atoms with Crippen LogP contribution in [0.4, 0.5) is 5.82 Å². The van der Waals surface area contributed by atoms with Crippen LogP contribution in [0.15, 0.2) is 17.8 Å². The van der Waals surface area contributed by atoms with Crippen LogP contribution in [0.25, 0.3) is 0 Å². The van der Waals surface area contributed by atoms with Crippen LogP contribution in [-0.2, 0) is 0 Å². The summed E-state index contributed by atoms with van der Waals surface area (Å²) in [7, 11) is 1.53. The van der Waals surface area contributed by atoms with Crippen LogP contribution < -0.4 is 15.4 Å². The second-order valence-corrected chi connectivity index (χ2v) is 4.45. The molecule has 1 aromatic rings. The van der Waals surface area contributed by atoms with E-state index in [1.54, 1.807) is 6.20 Å². The zero-order valence-corrected chi connectivity index (χ0v) is 11.1. The number of ether oxygens (including phenoxy) is 1. The highest BCUT2D eigenvalue weighted by Crippen LogP contribution is 2.20. The van der Waals surface area contributed by atoms with Crippen LogP contribution in [0.2, 0.25) is 5.02 Å². The lowest BCUT2D eigenvalue weighted by Crippen LogP contribution is -2.21. The Morgan fingerprint density at radius 1 is 1.56 bits per heavy atom. The number of hydrogen-bond acceptors (Lipinski definition) is 5. The molecule has 0 aromatic carbocycles. The highest BCUT2D eigenvalue weighted by Gasteiger charge is 2.06. The number of anilines is 1. The molecule has 0 saturated heterocycles. The van der Waals surface area contributed by atoms with E-state index < -0.39 is 0 Å². The van der Waals surface area contributed by atoms with E-state index in [-0.39, 0.29) is 0 Å². The lowest BCUT2D eigenvalue weighted by atomic mass is 10.1. The summed E-state index contributed by atoms with van der Waals surface area (Å²) in [6.45, 7) is 2.84. The largest absolute Gasteiger partial charge is 0.467 e. The van der Waals surface area contributed by atoms with Crippen LogP contribution in [0.1, 0.15) is 12.8 Å². The number of rotatable bonds is 5. The molecule has 2 N–H and O–H groups in total. The quantitative estimate of drug-likeness (QED) is 0.799. The first-order valence-corrected chi connectivity index (χ1v) is 6.36. The van der Waals surface area contributed by atoms with Gasteiger partial charge < -0.3 is 15.4 Å². The molecular formula is C12H17ClN4O. The third kappa shape index (κ3) is 3.58. The minimum absolute atomic E-state index is 0.322. The third-order valence-electron chi connectivity index (χ3n) is 2.80. The van der Waals surface area contributed by atoms with Crippen LogP contribution in [0.5, 0.6) is 6.01 Å². The Balaban J connectivity index is 1.87. The highest BCUT2D eigenvalue weighted by atomic mass is 35.5. The van der Waals surface area contributed by atoms with Crippen molar-refractivity contribution in [2.45, 2.75) is 12.8 Å². The van der Waals surface area contributed by atoms with Crippen molar-refractivity contribution in [3.05, 3.63) is 22.9 Å². The van der Waals surface area contributed by atoms with E-state index >= 15 is 0 Å². The fourth-order valence-electron chi connectivity index (χ4n) is 1.81. The Morgan fingerprint density at radius 2 is 2.44 bits per heavy atom. The van der Waals surface area contributed by atoms with Crippen molar-refractivity contribution >= 4 is 17.4 Å². The first-order chi connectivity index (χ1) is 8.79. The first-order valence-electron chi connectivity index (χ1n) is 5.98. The standard InChI is InChI=1S/C12H17ClN4O/c1-18-12-16-8-10(13)11(17-12)15-7-4-9-2-5-14-6-3-9/h2,8,14H,3-7H2,1H3,(H,15,16,17). The van der Waals surface area contributed by atoms with Crippen molar-refractivity contribution in [2.75, 3.05) is 32.1 Å². The molecule has 1 aromatic heterocycles. The van der Waals surface area contributed by atoms with Gasteiger partial charge in [-0.2, -0.15) is 4.98 Å². The molecule has 0 atom stereocenters. The lowest BCUT2D eigenvalue weighted by molar-refractivity contribution is 0.380.